The van der Waals surface area contributed by atoms with Gasteiger partial charge in [-0.2, -0.15) is 0 Å². The number of nitro benzene ring substituents is 1. The number of nitro groups is 1. The molecule has 0 saturated carbocycles. The number of benzene rings is 2. The topological polar surface area (TPSA) is 97.2 Å². The Morgan fingerprint density at radius 3 is 2.72 bits per heavy atom. The van der Waals surface area contributed by atoms with Gasteiger partial charge >= 0.3 is 0 Å². The Bertz CT molecular complexity index is 956. The molecule has 9 heteroatoms. The molecule has 0 saturated heterocycles. The highest BCUT2D eigenvalue weighted by atomic mass is 32.1. The second kappa shape index (κ2) is 7.32. The molecular weight excluding hydrogens is 360 g/mol. The van der Waals surface area contributed by atoms with Gasteiger partial charge in [0.25, 0.3) is 5.69 Å². The Labute approximate surface area is 151 Å². The maximum atomic E-state index is 12.0. The third-order valence-corrected chi connectivity index (χ3v) is 4.40. The van der Waals surface area contributed by atoms with Crippen molar-refractivity contribution in [1.29, 1.82) is 0 Å². The Morgan fingerprint density at radius 2 is 2.00 bits per heavy atom. The molecule has 0 bridgehead atoms. The summed E-state index contributed by atoms with van der Waals surface area (Å²) in [5.74, 6) is -0.236. The summed E-state index contributed by atoms with van der Waals surface area (Å²) in [6.07, 6.45) is 0.217. The molecule has 25 heavy (non-hydrogen) atoms. The highest BCUT2D eigenvalue weighted by Crippen LogP contribution is 2.29. The van der Waals surface area contributed by atoms with Crippen LogP contribution in [-0.2, 0) is 11.2 Å². The monoisotopic (exact) mass is 372 g/mol. The van der Waals surface area contributed by atoms with Crippen molar-refractivity contribution in [2.45, 2.75) is 6.42 Å². The maximum Gasteiger partial charge on any atom is 0.270 e. The van der Waals surface area contributed by atoms with E-state index >= 15 is 0 Å². The van der Waals surface area contributed by atoms with Gasteiger partial charge in [0.1, 0.15) is 0 Å². The van der Waals surface area contributed by atoms with Crippen LogP contribution in [-0.4, -0.2) is 20.9 Å². The van der Waals surface area contributed by atoms with E-state index in [1.807, 2.05) is 30.3 Å². The van der Waals surface area contributed by atoms with E-state index in [4.69, 9.17) is 12.2 Å². The molecule has 0 radical (unpaired) electrons. The van der Waals surface area contributed by atoms with Gasteiger partial charge in [0, 0.05) is 12.1 Å². The molecular formula is C16H12N4O3S2. The van der Waals surface area contributed by atoms with Crippen LogP contribution in [0.1, 0.15) is 5.56 Å². The standard InChI is InChI=1S/C16H12N4O3S2/c21-14(8-10-4-2-1-3-5-10)18-15(24)19-16-17-12-7-6-11(20(22)23)9-13(12)25-16/h1-7,9H,8H2,(H2,17,18,19,21,24). The molecule has 0 aliphatic carbocycles. The van der Waals surface area contributed by atoms with Gasteiger partial charge in [0.2, 0.25) is 5.91 Å². The zero-order valence-electron chi connectivity index (χ0n) is 12.8. The molecule has 0 unspecified atom stereocenters. The second-order valence-corrected chi connectivity index (χ2v) is 6.53. The summed E-state index contributed by atoms with van der Waals surface area (Å²) in [7, 11) is 0. The van der Waals surface area contributed by atoms with Crippen LogP contribution < -0.4 is 10.6 Å². The van der Waals surface area contributed by atoms with E-state index in [1.54, 1.807) is 6.07 Å². The molecule has 2 N–H and O–H groups in total. The van der Waals surface area contributed by atoms with Crippen molar-refractivity contribution in [2.75, 3.05) is 5.32 Å². The zero-order valence-corrected chi connectivity index (χ0v) is 14.4. The number of aromatic nitrogens is 1. The first kappa shape index (κ1) is 16.9. The van der Waals surface area contributed by atoms with E-state index < -0.39 is 4.92 Å². The van der Waals surface area contributed by atoms with Crippen molar-refractivity contribution < 1.29 is 9.72 Å². The number of nitrogens with one attached hydrogen (secondary N) is 2. The molecule has 1 amide bonds. The molecule has 2 aromatic carbocycles. The van der Waals surface area contributed by atoms with Crippen LogP contribution in [0.2, 0.25) is 0 Å². The fraction of sp³-hybridized carbons (Fsp3) is 0.0625. The lowest BCUT2D eigenvalue weighted by atomic mass is 10.1. The van der Waals surface area contributed by atoms with Crippen molar-refractivity contribution in [2.24, 2.45) is 0 Å². The number of carbonyl (C=O) groups is 1. The van der Waals surface area contributed by atoms with Gasteiger partial charge in [-0.3, -0.25) is 14.9 Å². The minimum absolute atomic E-state index is 0.00133. The summed E-state index contributed by atoms with van der Waals surface area (Å²) in [6, 6.07) is 13.7. The highest BCUT2D eigenvalue weighted by Gasteiger charge is 2.12. The first-order chi connectivity index (χ1) is 12.0. The minimum atomic E-state index is -0.458. The number of rotatable bonds is 4. The van der Waals surface area contributed by atoms with Crippen molar-refractivity contribution in [3.63, 3.8) is 0 Å². The van der Waals surface area contributed by atoms with E-state index in [2.05, 4.69) is 15.6 Å². The number of thiocarbonyl (C=S) groups is 1. The summed E-state index contributed by atoms with van der Waals surface area (Å²) in [5, 5.41) is 16.8. The van der Waals surface area contributed by atoms with Crippen LogP contribution in [0.5, 0.6) is 0 Å². The molecule has 0 spiro atoms. The number of amides is 1. The van der Waals surface area contributed by atoms with E-state index in [0.717, 1.165) is 5.56 Å². The Hall–Kier alpha value is -2.91. The lowest BCUT2D eigenvalue weighted by Crippen LogP contribution is -2.35. The van der Waals surface area contributed by atoms with E-state index in [9.17, 15) is 14.9 Å². The normalized spacial score (nSPS) is 10.4. The van der Waals surface area contributed by atoms with Gasteiger partial charge in [-0.15, -0.1) is 0 Å². The first-order valence-electron chi connectivity index (χ1n) is 7.21. The van der Waals surface area contributed by atoms with E-state index in [-0.39, 0.29) is 23.1 Å². The summed E-state index contributed by atoms with van der Waals surface area (Å²) < 4.78 is 0.662. The third kappa shape index (κ3) is 4.34. The molecule has 0 aliphatic heterocycles. The molecule has 0 fully saturated rings. The van der Waals surface area contributed by atoms with E-state index in [1.165, 1.54) is 23.5 Å². The largest absolute Gasteiger partial charge is 0.308 e. The Morgan fingerprint density at radius 1 is 1.24 bits per heavy atom. The van der Waals surface area contributed by atoms with Crippen LogP contribution in [0.3, 0.4) is 0 Å². The quantitative estimate of drug-likeness (QED) is 0.414. The number of thiazole rings is 1. The van der Waals surface area contributed by atoms with Gasteiger partial charge < -0.3 is 10.6 Å². The molecule has 3 aromatic rings. The summed E-state index contributed by atoms with van der Waals surface area (Å²) in [5.41, 5.74) is 1.51. The number of non-ortho nitro benzene ring substituents is 1. The summed E-state index contributed by atoms with van der Waals surface area (Å²) in [4.78, 5) is 26.6. The highest BCUT2D eigenvalue weighted by molar-refractivity contribution is 7.80. The number of carbonyl (C=O) groups excluding carboxylic acids is 1. The van der Waals surface area contributed by atoms with Gasteiger partial charge in [-0.05, 0) is 23.8 Å². The number of hydrogen-bond acceptors (Lipinski definition) is 6. The lowest BCUT2D eigenvalue weighted by Gasteiger charge is -2.07. The average Bonchev–Trinajstić information content (AvgIpc) is 2.96. The summed E-state index contributed by atoms with van der Waals surface area (Å²) in [6.45, 7) is 0. The molecule has 3 rings (SSSR count). The van der Waals surface area contributed by atoms with Crippen molar-refractivity contribution in [1.82, 2.24) is 10.3 Å². The Balaban J connectivity index is 1.63. The predicted octanol–water partition coefficient (Wildman–Crippen LogP) is 3.26. The third-order valence-electron chi connectivity index (χ3n) is 3.26. The van der Waals surface area contributed by atoms with Crippen LogP contribution in [0, 0.1) is 10.1 Å². The average molecular weight is 372 g/mol. The van der Waals surface area contributed by atoms with Gasteiger partial charge in [0.05, 0.1) is 21.6 Å². The fourth-order valence-electron chi connectivity index (χ4n) is 2.16. The van der Waals surface area contributed by atoms with Gasteiger partial charge in [0.15, 0.2) is 10.2 Å². The van der Waals surface area contributed by atoms with Crippen molar-refractivity contribution in [3.05, 3.63) is 64.2 Å². The Kier molecular flexibility index (Phi) is 4.96. The number of hydrogen-bond donors (Lipinski definition) is 2. The van der Waals surface area contributed by atoms with Crippen LogP contribution in [0.25, 0.3) is 10.2 Å². The number of nitrogens with zero attached hydrogens (tertiary/aromatic N) is 2. The molecule has 1 heterocycles. The molecule has 7 nitrogen and oxygen atoms in total. The smallest absolute Gasteiger partial charge is 0.270 e. The second-order valence-electron chi connectivity index (χ2n) is 5.09. The maximum absolute atomic E-state index is 12.0. The first-order valence-corrected chi connectivity index (χ1v) is 8.43. The van der Waals surface area contributed by atoms with Gasteiger partial charge in [-0.1, -0.05) is 41.7 Å². The zero-order chi connectivity index (χ0) is 17.8. The number of fused-ring (bicyclic) bond motifs is 1. The fourth-order valence-corrected chi connectivity index (χ4v) is 3.34. The molecule has 0 aliphatic rings. The van der Waals surface area contributed by atoms with E-state index in [0.29, 0.717) is 15.3 Å². The molecule has 1 aromatic heterocycles. The molecule has 126 valence electrons. The van der Waals surface area contributed by atoms with Crippen LogP contribution in [0.4, 0.5) is 10.8 Å². The molecule has 0 atom stereocenters. The van der Waals surface area contributed by atoms with Crippen LogP contribution >= 0.6 is 23.6 Å². The predicted molar refractivity (Wildman–Crippen MR) is 101 cm³/mol. The van der Waals surface area contributed by atoms with Crippen molar-refractivity contribution >= 4 is 55.6 Å². The van der Waals surface area contributed by atoms with Gasteiger partial charge in [-0.25, -0.2) is 4.98 Å². The summed E-state index contributed by atoms with van der Waals surface area (Å²) >= 11 is 6.34. The van der Waals surface area contributed by atoms with Crippen LogP contribution in [0.15, 0.2) is 48.5 Å². The lowest BCUT2D eigenvalue weighted by molar-refractivity contribution is -0.384. The van der Waals surface area contributed by atoms with Crippen molar-refractivity contribution in [3.8, 4) is 0 Å². The SMILES string of the molecule is O=C(Cc1ccccc1)NC(=S)Nc1nc2ccc([N+](=O)[O-])cc2s1. The number of anilines is 1. The minimum Gasteiger partial charge on any atom is -0.308 e.